The van der Waals surface area contributed by atoms with Gasteiger partial charge in [0.15, 0.2) is 11.5 Å². The van der Waals surface area contributed by atoms with Gasteiger partial charge in [-0.2, -0.15) is 5.10 Å². The molecule has 0 fully saturated rings. The maximum absolute atomic E-state index is 12.2. The van der Waals surface area contributed by atoms with Crippen molar-refractivity contribution < 1.29 is 19.2 Å². The van der Waals surface area contributed by atoms with E-state index in [9.17, 15) is 14.9 Å². The van der Waals surface area contributed by atoms with Crippen LogP contribution in [0.15, 0.2) is 72.1 Å². The number of pyridine rings is 1. The van der Waals surface area contributed by atoms with Gasteiger partial charge in [0.05, 0.1) is 29.5 Å². The maximum atomic E-state index is 12.2. The van der Waals surface area contributed by atoms with Crippen LogP contribution < -0.4 is 14.9 Å². The van der Waals surface area contributed by atoms with Crippen LogP contribution in [-0.4, -0.2) is 29.2 Å². The van der Waals surface area contributed by atoms with Crippen molar-refractivity contribution >= 4 is 23.6 Å². The zero-order valence-electron chi connectivity index (χ0n) is 15.3. The van der Waals surface area contributed by atoms with E-state index in [0.717, 1.165) is 0 Å². The molecule has 1 N–H and O–H groups in total. The molecule has 0 aliphatic carbocycles. The molecule has 0 aliphatic heterocycles. The first-order chi connectivity index (χ1) is 14.1. The second kappa shape index (κ2) is 9.09. The van der Waals surface area contributed by atoms with Gasteiger partial charge < -0.3 is 9.47 Å². The molecule has 0 saturated heterocycles. The van der Waals surface area contributed by atoms with Crippen LogP contribution in [0.4, 0.5) is 11.4 Å². The summed E-state index contributed by atoms with van der Waals surface area (Å²) in [5.74, 6) is 0.0843. The van der Waals surface area contributed by atoms with Gasteiger partial charge in [0, 0.05) is 24.5 Å². The Morgan fingerprint density at radius 1 is 1.17 bits per heavy atom. The summed E-state index contributed by atoms with van der Waals surface area (Å²) in [5, 5.41) is 14.7. The predicted molar refractivity (Wildman–Crippen MR) is 107 cm³/mol. The van der Waals surface area contributed by atoms with E-state index in [1.807, 2.05) is 0 Å². The van der Waals surface area contributed by atoms with Crippen LogP contribution in [0.25, 0.3) is 0 Å². The third-order valence-corrected chi connectivity index (χ3v) is 3.77. The fourth-order valence-electron chi connectivity index (χ4n) is 2.33. The second-order valence-corrected chi connectivity index (χ2v) is 5.72. The van der Waals surface area contributed by atoms with Crippen LogP contribution in [0.3, 0.4) is 0 Å². The highest BCUT2D eigenvalue weighted by atomic mass is 16.6. The maximum Gasteiger partial charge on any atom is 0.345 e. The molecule has 0 bridgehead atoms. The van der Waals surface area contributed by atoms with Gasteiger partial charge in [-0.05, 0) is 48.0 Å². The number of nitrogens with zero attached hydrogens (tertiary/aromatic N) is 3. The number of nitro groups is 1. The lowest BCUT2D eigenvalue weighted by Crippen LogP contribution is -2.09. The summed E-state index contributed by atoms with van der Waals surface area (Å²) in [6.07, 6.45) is 4.52. The molecule has 0 unspecified atom stereocenters. The summed E-state index contributed by atoms with van der Waals surface area (Å²) >= 11 is 0. The van der Waals surface area contributed by atoms with E-state index in [1.54, 1.807) is 48.7 Å². The number of benzene rings is 2. The molecule has 0 spiro atoms. The first-order valence-electron chi connectivity index (χ1n) is 8.40. The van der Waals surface area contributed by atoms with Crippen molar-refractivity contribution in [1.82, 2.24) is 4.98 Å². The van der Waals surface area contributed by atoms with Crippen LogP contribution in [0.2, 0.25) is 0 Å². The molecule has 0 radical (unpaired) electrons. The number of rotatable bonds is 7. The van der Waals surface area contributed by atoms with Gasteiger partial charge in [-0.1, -0.05) is 0 Å². The number of non-ortho nitro benzene ring substituents is 1. The van der Waals surface area contributed by atoms with Crippen LogP contribution >= 0.6 is 0 Å². The number of carbonyl (C=O) groups excluding carboxylic acids is 1. The van der Waals surface area contributed by atoms with Crippen molar-refractivity contribution in [2.24, 2.45) is 5.10 Å². The summed E-state index contributed by atoms with van der Waals surface area (Å²) in [6, 6.07) is 14.1. The van der Waals surface area contributed by atoms with Gasteiger partial charge in [-0.25, -0.2) is 4.79 Å². The third kappa shape index (κ3) is 5.13. The average molecular weight is 392 g/mol. The van der Waals surface area contributed by atoms with E-state index >= 15 is 0 Å². The first-order valence-corrected chi connectivity index (χ1v) is 8.40. The van der Waals surface area contributed by atoms with Crippen LogP contribution in [0, 0.1) is 10.1 Å². The number of methoxy groups -OCH3 is 1. The lowest BCUT2D eigenvalue weighted by Gasteiger charge is -2.09. The van der Waals surface area contributed by atoms with E-state index in [1.165, 1.54) is 31.7 Å². The van der Waals surface area contributed by atoms with Gasteiger partial charge in [0.25, 0.3) is 5.69 Å². The van der Waals surface area contributed by atoms with Crippen molar-refractivity contribution in [3.8, 4) is 11.5 Å². The van der Waals surface area contributed by atoms with Crippen molar-refractivity contribution in [3.63, 3.8) is 0 Å². The largest absolute Gasteiger partial charge is 0.493 e. The molecule has 9 nitrogen and oxygen atoms in total. The summed E-state index contributed by atoms with van der Waals surface area (Å²) in [4.78, 5) is 26.2. The van der Waals surface area contributed by atoms with E-state index < -0.39 is 10.9 Å². The number of hydrogen-bond acceptors (Lipinski definition) is 8. The van der Waals surface area contributed by atoms with Crippen molar-refractivity contribution in [1.29, 1.82) is 0 Å². The Morgan fingerprint density at radius 3 is 2.62 bits per heavy atom. The molecular weight excluding hydrogens is 376 g/mol. The smallest absolute Gasteiger partial charge is 0.345 e. The van der Waals surface area contributed by atoms with Crippen molar-refractivity contribution in [2.45, 2.75) is 0 Å². The quantitative estimate of drug-likeness (QED) is 0.214. The van der Waals surface area contributed by atoms with Crippen LogP contribution in [0.5, 0.6) is 11.5 Å². The molecule has 146 valence electrons. The number of esters is 1. The van der Waals surface area contributed by atoms with E-state index in [4.69, 9.17) is 9.47 Å². The Morgan fingerprint density at radius 2 is 1.97 bits per heavy atom. The standard InChI is InChI=1S/C20H16N4O5/c1-28-19-11-14(12-22-23-16-5-7-17(8-6-16)24(26)27)4-9-18(19)29-20(25)15-3-2-10-21-13-15/h2-13,23H,1H3/b22-12+. The number of ether oxygens (including phenoxy) is 2. The number of anilines is 1. The highest BCUT2D eigenvalue weighted by Gasteiger charge is 2.12. The number of hydrazone groups is 1. The van der Waals surface area contributed by atoms with Gasteiger partial charge in [-0.15, -0.1) is 0 Å². The number of aromatic nitrogens is 1. The Kier molecular flexibility index (Phi) is 6.11. The van der Waals surface area contributed by atoms with Crippen LogP contribution in [-0.2, 0) is 0 Å². The fraction of sp³-hybridized carbons (Fsp3) is 0.0500. The topological polar surface area (TPSA) is 116 Å². The summed E-state index contributed by atoms with van der Waals surface area (Å²) in [5.41, 5.74) is 4.40. The molecule has 0 saturated carbocycles. The Balaban J connectivity index is 1.67. The van der Waals surface area contributed by atoms with E-state index in [2.05, 4.69) is 15.5 Å². The average Bonchev–Trinajstić information content (AvgIpc) is 2.75. The lowest BCUT2D eigenvalue weighted by atomic mass is 10.2. The Bertz CT molecular complexity index is 1040. The number of nitro benzene ring substituents is 1. The molecule has 0 atom stereocenters. The van der Waals surface area contributed by atoms with Gasteiger partial charge >= 0.3 is 5.97 Å². The molecule has 3 aromatic rings. The normalized spacial score (nSPS) is 10.5. The van der Waals surface area contributed by atoms with Gasteiger partial charge in [0.2, 0.25) is 0 Å². The SMILES string of the molecule is COc1cc(/C=N/Nc2ccc([N+](=O)[O-])cc2)ccc1OC(=O)c1cccnc1. The summed E-state index contributed by atoms with van der Waals surface area (Å²) in [7, 11) is 1.47. The van der Waals surface area contributed by atoms with Gasteiger partial charge in [-0.3, -0.25) is 20.5 Å². The minimum atomic E-state index is -0.544. The predicted octanol–water partition coefficient (Wildman–Crippen LogP) is 3.66. The molecule has 9 heteroatoms. The monoisotopic (exact) mass is 392 g/mol. The first kappa shape index (κ1) is 19.5. The highest BCUT2D eigenvalue weighted by molar-refractivity contribution is 5.91. The molecule has 2 aromatic carbocycles. The summed E-state index contributed by atoms with van der Waals surface area (Å²) in [6.45, 7) is 0. The zero-order chi connectivity index (χ0) is 20.6. The third-order valence-electron chi connectivity index (χ3n) is 3.77. The second-order valence-electron chi connectivity index (χ2n) is 5.72. The zero-order valence-corrected chi connectivity index (χ0v) is 15.3. The molecule has 0 amide bonds. The Hall–Kier alpha value is -4.27. The van der Waals surface area contributed by atoms with E-state index in [-0.39, 0.29) is 11.4 Å². The minimum absolute atomic E-state index is 0.000635. The highest BCUT2D eigenvalue weighted by Crippen LogP contribution is 2.28. The molecule has 1 aromatic heterocycles. The fourth-order valence-corrected chi connectivity index (χ4v) is 2.33. The molecular formula is C20H16N4O5. The summed E-state index contributed by atoms with van der Waals surface area (Å²) < 4.78 is 10.6. The molecule has 29 heavy (non-hydrogen) atoms. The molecule has 3 rings (SSSR count). The van der Waals surface area contributed by atoms with Crippen LogP contribution in [0.1, 0.15) is 15.9 Å². The number of hydrogen-bond donors (Lipinski definition) is 1. The molecule has 1 heterocycles. The van der Waals surface area contributed by atoms with Crippen molar-refractivity contribution in [2.75, 3.05) is 12.5 Å². The Labute approximate surface area is 165 Å². The van der Waals surface area contributed by atoms with Gasteiger partial charge in [0.1, 0.15) is 0 Å². The molecule has 0 aliphatic rings. The van der Waals surface area contributed by atoms with E-state index in [0.29, 0.717) is 22.6 Å². The number of carbonyl (C=O) groups is 1. The lowest BCUT2D eigenvalue weighted by molar-refractivity contribution is -0.384. The minimum Gasteiger partial charge on any atom is -0.493 e. The number of nitrogens with one attached hydrogen (secondary N) is 1. The van der Waals surface area contributed by atoms with Crippen molar-refractivity contribution in [3.05, 3.63) is 88.2 Å².